The number of anilines is 1. The highest BCUT2D eigenvalue weighted by Crippen LogP contribution is 2.32. The third-order valence-corrected chi connectivity index (χ3v) is 2.46. The lowest BCUT2D eigenvalue weighted by Crippen LogP contribution is -2.12. The summed E-state index contributed by atoms with van der Waals surface area (Å²) in [4.78, 5) is 11.4. The van der Waals surface area contributed by atoms with Gasteiger partial charge in [-0.15, -0.1) is 0 Å². The molecule has 7 heteroatoms. The molecule has 100 valence electrons. The maximum Gasteiger partial charge on any atom is 0.387 e. The Morgan fingerprint density at radius 2 is 2.17 bits per heavy atom. The number of carbonyl (C=O) groups is 1. The molecule has 0 atom stereocenters. The SMILES string of the molecule is CCOC(=O)Cc1cc(Br)cc(N)c1OC(F)F. The number of alkyl halides is 2. The van der Waals surface area contributed by atoms with Crippen LogP contribution in [0.1, 0.15) is 12.5 Å². The first kappa shape index (κ1) is 14.7. The van der Waals surface area contributed by atoms with Crippen LogP contribution >= 0.6 is 15.9 Å². The van der Waals surface area contributed by atoms with Gasteiger partial charge in [-0.05, 0) is 19.1 Å². The zero-order chi connectivity index (χ0) is 13.7. The van der Waals surface area contributed by atoms with Crippen LogP contribution in [0.4, 0.5) is 14.5 Å². The average molecular weight is 324 g/mol. The summed E-state index contributed by atoms with van der Waals surface area (Å²) in [6.07, 6.45) is -0.181. The molecule has 0 aliphatic rings. The second kappa shape index (κ2) is 6.53. The molecule has 1 aromatic carbocycles. The van der Waals surface area contributed by atoms with Crippen molar-refractivity contribution in [2.45, 2.75) is 20.0 Å². The molecule has 0 saturated carbocycles. The highest BCUT2D eigenvalue weighted by Gasteiger charge is 2.17. The van der Waals surface area contributed by atoms with E-state index in [9.17, 15) is 13.6 Å². The molecule has 0 aromatic heterocycles. The Labute approximate surface area is 111 Å². The molecule has 18 heavy (non-hydrogen) atoms. The number of esters is 1. The molecule has 0 radical (unpaired) electrons. The Hall–Kier alpha value is -1.37. The van der Waals surface area contributed by atoms with Crippen molar-refractivity contribution in [1.82, 2.24) is 0 Å². The predicted molar refractivity (Wildman–Crippen MR) is 65.5 cm³/mol. The highest BCUT2D eigenvalue weighted by atomic mass is 79.9. The fourth-order valence-corrected chi connectivity index (χ4v) is 1.93. The third kappa shape index (κ3) is 4.14. The predicted octanol–water partition coefficient (Wildman–Crippen LogP) is 2.74. The first-order valence-corrected chi connectivity index (χ1v) is 5.91. The fourth-order valence-electron chi connectivity index (χ4n) is 1.40. The van der Waals surface area contributed by atoms with Crippen molar-refractivity contribution < 1.29 is 23.0 Å². The molecule has 0 aliphatic carbocycles. The minimum Gasteiger partial charge on any atom is -0.466 e. The molecule has 0 saturated heterocycles. The molecule has 0 fully saturated rings. The summed E-state index contributed by atoms with van der Waals surface area (Å²) in [6, 6.07) is 2.91. The molecule has 0 unspecified atom stereocenters. The van der Waals surface area contributed by atoms with E-state index in [-0.39, 0.29) is 30.0 Å². The lowest BCUT2D eigenvalue weighted by Gasteiger charge is -2.13. The highest BCUT2D eigenvalue weighted by molar-refractivity contribution is 9.10. The van der Waals surface area contributed by atoms with Crippen LogP contribution in [0.15, 0.2) is 16.6 Å². The van der Waals surface area contributed by atoms with E-state index in [0.717, 1.165) is 0 Å². The molecule has 4 nitrogen and oxygen atoms in total. The van der Waals surface area contributed by atoms with Gasteiger partial charge in [-0.2, -0.15) is 8.78 Å². The number of nitrogens with two attached hydrogens (primary N) is 1. The van der Waals surface area contributed by atoms with Crippen molar-refractivity contribution in [2.24, 2.45) is 0 Å². The largest absolute Gasteiger partial charge is 0.466 e. The fraction of sp³-hybridized carbons (Fsp3) is 0.364. The minimum absolute atomic E-state index is 0.0315. The van der Waals surface area contributed by atoms with Crippen LogP contribution in [0.25, 0.3) is 0 Å². The number of carbonyl (C=O) groups excluding carboxylic acids is 1. The van der Waals surface area contributed by atoms with E-state index in [1.807, 2.05) is 0 Å². The van der Waals surface area contributed by atoms with Crippen molar-refractivity contribution >= 4 is 27.6 Å². The van der Waals surface area contributed by atoms with Gasteiger partial charge < -0.3 is 15.2 Å². The van der Waals surface area contributed by atoms with Gasteiger partial charge in [0, 0.05) is 10.0 Å². The molecule has 0 amide bonds. The van der Waals surface area contributed by atoms with E-state index in [4.69, 9.17) is 10.5 Å². The van der Waals surface area contributed by atoms with Gasteiger partial charge in [-0.3, -0.25) is 4.79 Å². The molecule has 0 spiro atoms. The molecular weight excluding hydrogens is 312 g/mol. The number of benzene rings is 1. The number of rotatable bonds is 5. The van der Waals surface area contributed by atoms with Crippen molar-refractivity contribution in [1.29, 1.82) is 0 Å². The van der Waals surface area contributed by atoms with E-state index in [1.54, 1.807) is 6.92 Å². The van der Waals surface area contributed by atoms with Crippen LogP contribution in [-0.2, 0) is 16.0 Å². The zero-order valence-electron chi connectivity index (χ0n) is 9.58. The standard InChI is InChI=1S/C11H12BrF2NO3/c1-2-17-9(16)4-6-3-7(12)5-8(15)10(6)18-11(13)14/h3,5,11H,2,4,15H2,1H3. The lowest BCUT2D eigenvalue weighted by molar-refractivity contribution is -0.142. The maximum absolute atomic E-state index is 12.3. The van der Waals surface area contributed by atoms with Gasteiger partial charge in [-0.1, -0.05) is 15.9 Å². The summed E-state index contributed by atoms with van der Waals surface area (Å²) < 4.78 is 34.2. The van der Waals surface area contributed by atoms with Crippen LogP contribution in [0, 0.1) is 0 Å². The molecular formula is C11H12BrF2NO3. The van der Waals surface area contributed by atoms with E-state index < -0.39 is 12.6 Å². The van der Waals surface area contributed by atoms with Crippen molar-refractivity contribution in [2.75, 3.05) is 12.3 Å². The van der Waals surface area contributed by atoms with Gasteiger partial charge in [0.2, 0.25) is 0 Å². The van der Waals surface area contributed by atoms with Crippen LogP contribution < -0.4 is 10.5 Å². The van der Waals surface area contributed by atoms with E-state index >= 15 is 0 Å². The number of nitrogen functional groups attached to an aromatic ring is 1. The van der Waals surface area contributed by atoms with Crippen molar-refractivity contribution in [3.8, 4) is 5.75 Å². The second-order valence-electron chi connectivity index (χ2n) is 3.34. The summed E-state index contributed by atoms with van der Waals surface area (Å²) in [5.41, 5.74) is 5.86. The Kier molecular flexibility index (Phi) is 5.33. The van der Waals surface area contributed by atoms with Gasteiger partial charge in [0.15, 0.2) is 5.75 Å². The quantitative estimate of drug-likeness (QED) is 0.668. The van der Waals surface area contributed by atoms with E-state index in [2.05, 4.69) is 20.7 Å². The lowest BCUT2D eigenvalue weighted by atomic mass is 10.1. The van der Waals surface area contributed by atoms with Gasteiger partial charge in [-0.25, -0.2) is 0 Å². The van der Waals surface area contributed by atoms with E-state index in [1.165, 1.54) is 12.1 Å². The smallest absolute Gasteiger partial charge is 0.387 e. The Bertz CT molecular complexity index is 441. The van der Waals surface area contributed by atoms with Crippen LogP contribution in [0.5, 0.6) is 5.75 Å². The first-order valence-electron chi connectivity index (χ1n) is 5.12. The van der Waals surface area contributed by atoms with Crippen LogP contribution in [-0.4, -0.2) is 19.2 Å². The van der Waals surface area contributed by atoms with Crippen molar-refractivity contribution in [3.63, 3.8) is 0 Å². The second-order valence-corrected chi connectivity index (χ2v) is 4.26. The van der Waals surface area contributed by atoms with Gasteiger partial charge in [0.1, 0.15) is 0 Å². The Balaban J connectivity index is 3.03. The first-order chi connectivity index (χ1) is 8.43. The van der Waals surface area contributed by atoms with Gasteiger partial charge in [0.05, 0.1) is 18.7 Å². The summed E-state index contributed by atoms with van der Waals surface area (Å²) in [7, 11) is 0. The summed E-state index contributed by atoms with van der Waals surface area (Å²) in [6.45, 7) is -1.13. The minimum atomic E-state index is -3.01. The number of hydrogen-bond donors (Lipinski definition) is 1. The maximum atomic E-state index is 12.3. The van der Waals surface area contributed by atoms with Crippen LogP contribution in [0.2, 0.25) is 0 Å². The molecule has 2 N–H and O–H groups in total. The Morgan fingerprint density at radius 3 is 2.72 bits per heavy atom. The van der Waals surface area contributed by atoms with Gasteiger partial charge in [0.25, 0.3) is 0 Å². The van der Waals surface area contributed by atoms with E-state index in [0.29, 0.717) is 4.47 Å². The van der Waals surface area contributed by atoms with Crippen molar-refractivity contribution in [3.05, 3.63) is 22.2 Å². The number of halogens is 3. The average Bonchev–Trinajstić information content (AvgIpc) is 2.23. The number of hydrogen-bond acceptors (Lipinski definition) is 4. The molecule has 0 bridgehead atoms. The van der Waals surface area contributed by atoms with Gasteiger partial charge >= 0.3 is 12.6 Å². The normalized spacial score (nSPS) is 10.5. The molecule has 0 aliphatic heterocycles. The molecule has 1 aromatic rings. The van der Waals surface area contributed by atoms with Crippen LogP contribution in [0.3, 0.4) is 0 Å². The monoisotopic (exact) mass is 323 g/mol. The zero-order valence-corrected chi connectivity index (χ0v) is 11.2. The number of ether oxygens (including phenoxy) is 2. The Morgan fingerprint density at radius 1 is 1.50 bits per heavy atom. The summed E-state index contributed by atoms with van der Waals surface area (Å²) in [5, 5.41) is 0. The molecule has 0 heterocycles. The topological polar surface area (TPSA) is 61.5 Å². The summed E-state index contributed by atoms with van der Waals surface area (Å²) in [5.74, 6) is -0.727. The molecule has 1 rings (SSSR count). The third-order valence-electron chi connectivity index (χ3n) is 2.01. The summed E-state index contributed by atoms with van der Waals surface area (Å²) >= 11 is 3.17.